The standard InChI is InChI=1S/C15H18N4O2/c1-16-14-10-17-9-12(19-14)15(20)18-8-7-11-5-3-4-6-13(11)21-2/h3-6,9-10H,7-8H2,1-2H3,(H,16,19)(H,18,20). The molecular formula is C15H18N4O2. The molecule has 0 aliphatic carbocycles. The van der Waals surface area contributed by atoms with Crippen molar-refractivity contribution in [3.8, 4) is 5.75 Å². The SMILES string of the molecule is CNc1cncc(C(=O)NCCc2ccccc2OC)n1. The molecule has 1 amide bonds. The fourth-order valence-electron chi connectivity index (χ4n) is 1.91. The third-order valence-corrected chi connectivity index (χ3v) is 3.00. The van der Waals surface area contributed by atoms with Crippen LogP contribution in [-0.4, -0.2) is 36.6 Å². The Balaban J connectivity index is 1.92. The molecule has 0 fully saturated rings. The molecule has 2 N–H and O–H groups in total. The van der Waals surface area contributed by atoms with Gasteiger partial charge in [-0.3, -0.25) is 9.78 Å². The molecule has 110 valence electrons. The maximum Gasteiger partial charge on any atom is 0.271 e. The summed E-state index contributed by atoms with van der Waals surface area (Å²) in [4.78, 5) is 20.1. The van der Waals surface area contributed by atoms with E-state index in [9.17, 15) is 4.79 Å². The van der Waals surface area contributed by atoms with Gasteiger partial charge in [-0.15, -0.1) is 0 Å². The van der Waals surface area contributed by atoms with Crippen molar-refractivity contribution >= 4 is 11.7 Å². The van der Waals surface area contributed by atoms with Crippen LogP contribution in [0.3, 0.4) is 0 Å². The minimum Gasteiger partial charge on any atom is -0.496 e. The van der Waals surface area contributed by atoms with Crippen molar-refractivity contribution in [2.24, 2.45) is 0 Å². The van der Waals surface area contributed by atoms with E-state index < -0.39 is 0 Å². The van der Waals surface area contributed by atoms with E-state index in [1.165, 1.54) is 6.20 Å². The Bertz CT molecular complexity index is 616. The third-order valence-electron chi connectivity index (χ3n) is 3.00. The lowest BCUT2D eigenvalue weighted by atomic mass is 10.1. The maximum atomic E-state index is 12.0. The second-order valence-electron chi connectivity index (χ2n) is 4.36. The molecule has 6 heteroatoms. The highest BCUT2D eigenvalue weighted by atomic mass is 16.5. The van der Waals surface area contributed by atoms with Crippen LogP contribution in [0.25, 0.3) is 0 Å². The minimum atomic E-state index is -0.241. The van der Waals surface area contributed by atoms with Crippen LogP contribution in [0.4, 0.5) is 5.82 Å². The summed E-state index contributed by atoms with van der Waals surface area (Å²) in [5, 5.41) is 5.67. The lowest BCUT2D eigenvalue weighted by Gasteiger charge is -2.09. The molecule has 0 saturated heterocycles. The molecule has 0 bridgehead atoms. The number of hydrogen-bond donors (Lipinski definition) is 2. The molecule has 6 nitrogen and oxygen atoms in total. The second kappa shape index (κ2) is 7.23. The zero-order valence-corrected chi connectivity index (χ0v) is 12.1. The molecule has 0 radical (unpaired) electrons. The summed E-state index contributed by atoms with van der Waals surface area (Å²) in [6.07, 6.45) is 3.69. The largest absolute Gasteiger partial charge is 0.496 e. The summed E-state index contributed by atoms with van der Waals surface area (Å²) >= 11 is 0. The molecule has 0 aliphatic rings. The number of amides is 1. The maximum absolute atomic E-state index is 12.0. The van der Waals surface area contributed by atoms with Gasteiger partial charge in [0.1, 0.15) is 17.3 Å². The molecule has 0 unspecified atom stereocenters. The van der Waals surface area contributed by atoms with Gasteiger partial charge in [0, 0.05) is 13.6 Å². The van der Waals surface area contributed by atoms with Crippen molar-refractivity contribution < 1.29 is 9.53 Å². The zero-order chi connectivity index (χ0) is 15.1. The van der Waals surface area contributed by atoms with Crippen molar-refractivity contribution in [2.75, 3.05) is 26.0 Å². The number of para-hydroxylation sites is 1. The third kappa shape index (κ3) is 3.92. The van der Waals surface area contributed by atoms with Crippen LogP contribution in [-0.2, 0) is 6.42 Å². The molecule has 0 saturated carbocycles. The Labute approximate surface area is 123 Å². The number of carbonyl (C=O) groups excluding carboxylic acids is 1. The lowest BCUT2D eigenvalue weighted by molar-refractivity contribution is 0.0949. The molecule has 2 rings (SSSR count). The number of hydrogen-bond acceptors (Lipinski definition) is 5. The van der Waals surface area contributed by atoms with Gasteiger partial charge in [-0.25, -0.2) is 4.98 Å². The fourth-order valence-corrected chi connectivity index (χ4v) is 1.91. The van der Waals surface area contributed by atoms with Crippen molar-refractivity contribution in [2.45, 2.75) is 6.42 Å². The average molecular weight is 286 g/mol. The number of anilines is 1. The van der Waals surface area contributed by atoms with E-state index >= 15 is 0 Å². The Hall–Kier alpha value is -2.63. The average Bonchev–Trinajstić information content (AvgIpc) is 2.55. The zero-order valence-electron chi connectivity index (χ0n) is 12.1. The highest BCUT2D eigenvalue weighted by Crippen LogP contribution is 2.17. The van der Waals surface area contributed by atoms with Gasteiger partial charge in [-0.1, -0.05) is 18.2 Å². The summed E-state index contributed by atoms with van der Waals surface area (Å²) in [5.74, 6) is 1.14. The first-order valence-corrected chi connectivity index (χ1v) is 6.64. The van der Waals surface area contributed by atoms with Crippen LogP contribution in [0.1, 0.15) is 16.1 Å². The highest BCUT2D eigenvalue weighted by molar-refractivity contribution is 5.92. The molecule has 1 heterocycles. The van der Waals surface area contributed by atoms with E-state index in [2.05, 4.69) is 20.6 Å². The minimum absolute atomic E-state index is 0.241. The van der Waals surface area contributed by atoms with Gasteiger partial charge in [0.05, 0.1) is 19.5 Å². The molecule has 21 heavy (non-hydrogen) atoms. The Kier molecular flexibility index (Phi) is 5.09. The smallest absolute Gasteiger partial charge is 0.271 e. The molecule has 1 aromatic heterocycles. The first-order valence-electron chi connectivity index (χ1n) is 6.64. The monoisotopic (exact) mass is 286 g/mol. The Morgan fingerprint density at radius 3 is 2.86 bits per heavy atom. The Morgan fingerprint density at radius 1 is 1.29 bits per heavy atom. The van der Waals surface area contributed by atoms with Crippen molar-refractivity contribution in [3.05, 3.63) is 47.9 Å². The van der Waals surface area contributed by atoms with Crippen LogP contribution in [0.15, 0.2) is 36.7 Å². The van der Waals surface area contributed by atoms with E-state index in [0.717, 1.165) is 11.3 Å². The number of nitrogens with zero attached hydrogens (tertiary/aromatic N) is 2. The van der Waals surface area contributed by atoms with Crippen molar-refractivity contribution in [3.63, 3.8) is 0 Å². The van der Waals surface area contributed by atoms with Crippen LogP contribution < -0.4 is 15.4 Å². The molecule has 1 aromatic carbocycles. The van der Waals surface area contributed by atoms with Gasteiger partial charge >= 0.3 is 0 Å². The van der Waals surface area contributed by atoms with Gasteiger partial charge in [0.15, 0.2) is 0 Å². The van der Waals surface area contributed by atoms with Gasteiger partial charge in [-0.2, -0.15) is 0 Å². The van der Waals surface area contributed by atoms with E-state index in [4.69, 9.17) is 4.74 Å². The van der Waals surface area contributed by atoms with E-state index in [1.807, 2.05) is 24.3 Å². The summed E-state index contributed by atoms with van der Waals surface area (Å²) in [7, 11) is 3.36. The quantitative estimate of drug-likeness (QED) is 0.841. The summed E-state index contributed by atoms with van der Waals surface area (Å²) in [6, 6.07) is 7.74. The first-order chi connectivity index (χ1) is 10.2. The van der Waals surface area contributed by atoms with E-state index in [-0.39, 0.29) is 5.91 Å². The normalized spacial score (nSPS) is 10.0. The molecule has 0 aliphatic heterocycles. The highest BCUT2D eigenvalue weighted by Gasteiger charge is 2.08. The van der Waals surface area contributed by atoms with Crippen LogP contribution in [0, 0.1) is 0 Å². The fraction of sp³-hybridized carbons (Fsp3) is 0.267. The number of benzene rings is 1. The van der Waals surface area contributed by atoms with Crippen LogP contribution in [0.5, 0.6) is 5.75 Å². The first kappa shape index (κ1) is 14.8. The number of methoxy groups -OCH3 is 1. The predicted molar refractivity (Wildman–Crippen MR) is 80.6 cm³/mol. The number of rotatable bonds is 6. The van der Waals surface area contributed by atoms with Crippen molar-refractivity contribution in [1.82, 2.24) is 15.3 Å². The molecule has 0 spiro atoms. The van der Waals surface area contributed by atoms with Crippen LogP contribution in [0.2, 0.25) is 0 Å². The van der Waals surface area contributed by atoms with E-state index in [0.29, 0.717) is 24.5 Å². The number of carbonyl (C=O) groups is 1. The number of ether oxygens (including phenoxy) is 1. The molecule has 2 aromatic rings. The number of nitrogens with one attached hydrogen (secondary N) is 2. The summed E-state index contributed by atoms with van der Waals surface area (Å²) in [5.41, 5.74) is 1.34. The topological polar surface area (TPSA) is 76.1 Å². The predicted octanol–water partition coefficient (Wildman–Crippen LogP) is 1.50. The Morgan fingerprint density at radius 2 is 2.10 bits per heavy atom. The van der Waals surface area contributed by atoms with Gasteiger partial charge < -0.3 is 15.4 Å². The summed E-state index contributed by atoms with van der Waals surface area (Å²) < 4.78 is 5.27. The van der Waals surface area contributed by atoms with Crippen LogP contribution >= 0.6 is 0 Å². The lowest BCUT2D eigenvalue weighted by Crippen LogP contribution is -2.27. The molecular weight excluding hydrogens is 268 g/mol. The molecule has 0 atom stereocenters. The van der Waals surface area contributed by atoms with Crippen molar-refractivity contribution in [1.29, 1.82) is 0 Å². The van der Waals surface area contributed by atoms with Gasteiger partial charge in [-0.05, 0) is 18.1 Å². The second-order valence-corrected chi connectivity index (χ2v) is 4.36. The summed E-state index contributed by atoms with van der Waals surface area (Å²) in [6.45, 7) is 0.505. The van der Waals surface area contributed by atoms with E-state index in [1.54, 1.807) is 20.4 Å². The van der Waals surface area contributed by atoms with Gasteiger partial charge in [0.2, 0.25) is 0 Å². The number of aromatic nitrogens is 2. The van der Waals surface area contributed by atoms with Gasteiger partial charge in [0.25, 0.3) is 5.91 Å².